The van der Waals surface area contributed by atoms with Crippen LogP contribution in [0, 0.1) is 11.3 Å². The third-order valence-electron chi connectivity index (χ3n) is 3.40. The van der Waals surface area contributed by atoms with E-state index in [1.165, 1.54) is 4.31 Å². The van der Waals surface area contributed by atoms with Gasteiger partial charge in [-0.2, -0.15) is 9.57 Å². The predicted molar refractivity (Wildman–Crippen MR) is 76.8 cm³/mol. The van der Waals surface area contributed by atoms with Gasteiger partial charge in [-0.1, -0.05) is 0 Å². The molecule has 1 aliphatic heterocycles. The van der Waals surface area contributed by atoms with E-state index in [-0.39, 0.29) is 0 Å². The number of nitrogens with zero attached hydrogens (tertiary/aromatic N) is 4. The Hall–Kier alpha value is -1.65. The second-order valence-corrected chi connectivity index (χ2v) is 7.46. The van der Waals surface area contributed by atoms with Crippen LogP contribution in [-0.4, -0.2) is 49.1 Å². The van der Waals surface area contributed by atoms with Gasteiger partial charge in [0.2, 0.25) is 10.0 Å². The Morgan fingerprint density at radius 2 is 1.95 bits per heavy atom. The van der Waals surface area contributed by atoms with Gasteiger partial charge in [0.05, 0.1) is 10.8 Å². The molecule has 7 heteroatoms. The molecule has 20 heavy (non-hydrogen) atoms. The number of nitriles is 1. The maximum absolute atomic E-state index is 12.1. The Morgan fingerprint density at radius 3 is 2.50 bits per heavy atom. The Bertz CT molecular complexity index is 614. The summed E-state index contributed by atoms with van der Waals surface area (Å²) in [6, 6.07) is 5.56. The summed E-state index contributed by atoms with van der Waals surface area (Å²) in [6.07, 6.45) is 1.65. The molecular formula is C13H18N4O2S. The quantitative estimate of drug-likeness (QED) is 0.824. The smallest absolute Gasteiger partial charge is 0.216 e. The van der Waals surface area contributed by atoms with Gasteiger partial charge >= 0.3 is 0 Å². The van der Waals surface area contributed by atoms with Crippen molar-refractivity contribution >= 4 is 15.8 Å². The molecule has 1 aliphatic rings. The van der Waals surface area contributed by atoms with Crippen molar-refractivity contribution in [3.05, 3.63) is 23.9 Å². The average Bonchev–Trinajstić information content (AvgIpc) is 2.47. The topological polar surface area (TPSA) is 77.3 Å². The molecular weight excluding hydrogens is 276 g/mol. The summed E-state index contributed by atoms with van der Waals surface area (Å²) in [5.74, 6) is 0.636. The fourth-order valence-corrected chi connectivity index (χ4v) is 3.46. The zero-order valence-electron chi connectivity index (χ0n) is 11.7. The van der Waals surface area contributed by atoms with Gasteiger partial charge in [0.25, 0.3) is 0 Å². The number of aromatic nitrogens is 1. The van der Waals surface area contributed by atoms with Crippen LogP contribution < -0.4 is 4.90 Å². The van der Waals surface area contributed by atoms with Crippen molar-refractivity contribution in [3.63, 3.8) is 0 Å². The fourth-order valence-electron chi connectivity index (χ4n) is 2.19. The molecule has 0 atom stereocenters. The van der Waals surface area contributed by atoms with Crippen molar-refractivity contribution in [2.24, 2.45) is 0 Å². The summed E-state index contributed by atoms with van der Waals surface area (Å²) in [5, 5.41) is 8.68. The molecule has 6 nitrogen and oxygen atoms in total. The van der Waals surface area contributed by atoms with Gasteiger partial charge in [0, 0.05) is 32.4 Å². The molecule has 0 spiro atoms. The zero-order valence-corrected chi connectivity index (χ0v) is 12.5. The molecule has 0 saturated carbocycles. The van der Waals surface area contributed by atoms with Crippen LogP contribution in [0.15, 0.2) is 18.3 Å². The highest BCUT2D eigenvalue weighted by Gasteiger charge is 2.30. The van der Waals surface area contributed by atoms with E-state index >= 15 is 0 Å². The second-order valence-electron chi connectivity index (χ2n) is 4.97. The highest BCUT2D eigenvalue weighted by molar-refractivity contribution is 7.89. The minimum Gasteiger partial charge on any atom is -0.353 e. The normalized spacial score (nSPS) is 17.2. The van der Waals surface area contributed by atoms with E-state index in [0.717, 1.165) is 0 Å². The summed E-state index contributed by atoms with van der Waals surface area (Å²) in [7, 11) is -3.20. The molecule has 0 amide bonds. The van der Waals surface area contributed by atoms with Crippen LogP contribution in [0.25, 0.3) is 0 Å². The number of hydrogen-bond donors (Lipinski definition) is 0. The standard InChI is InChI=1S/C13H18N4O2S/c1-11(2)20(18,19)17-8-6-16(7-9-17)13-12(10-14)4-3-5-15-13/h3-5,11H,6-9H2,1-2H3. The van der Waals surface area contributed by atoms with Crippen LogP contribution in [0.1, 0.15) is 19.4 Å². The molecule has 2 rings (SSSR count). The summed E-state index contributed by atoms with van der Waals surface area (Å²) in [4.78, 5) is 6.19. The van der Waals surface area contributed by atoms with E-state index in [4.69, 9.17) is 5.26 Å². The lowest BCUT2D eigenvalue weighted by Gasteiger charge is -2.35. The van der Waals surface area contributed by atoms with Gasteiger partial charge in [0.1, 0.15) is 11.9 Å². The average molecular weight is 294 g/mol. The number of pyridine rings is 1. The van der Waals surface area contributed by atoms with E-state index in [1.54, 1.807) is 32.2 Å². The van der Waals surface area contributed by atoms with Crippen molar-refractivity contribution in [2.75, 3.05) is 31.1 Å². The number of piperazine rings is 1. The maximum atomic E-state index is 12.1. The largest absolute Gasteiger partial charge is 0.353 e. The third-order valence-corrected chi connectivity index (χ3v) is 5.68. The monoisotopic (exact) mass is 294 g/mol. The number of anilines is 1. The van der Waals surface area contributed by atoms with Crippen molar-refractivity contribution in [1.82, 2.24) is 9.29 Å². The lowest BCUT2D eigenvalue weighted by atomic mass is 10.2. The van der Waals surface area contributed by atoms with Gasteiger partial charge < -0.3 is 4.90 Å². The van der Waals surface area contributed by atoms with Crippen LogP contribution in [-0.2, 0) is 10.0 Å². The fraction of sp³-hybridized carbons (Fsp3) is 0.538. The summed E-state index contributed by atoms with van der Waals surface area (Å²) in [6.45, 7) is 5.35. The molecule has 0 N–H and O–H groups in total. The number of hydrogen-bond acceptors (Lipinski definition) is 5. The first-order chi connectivity index (χ1) is 9.46. The summed E-state index contributed by atoms with van der Waals surface area (Å²) in [5.41, 5.74) is 0.521. The predicted octanol–water partition coefficient (Wildman–Crippen LogP) is 0.813. The molecule has 0 bridgehead atoms. The van der Waals surface area contributed by atoms with E-state index in [9.17, 15) is 8.42 Å². The Kier molecular flexibility index (Phi) is 4.26. The van der Waals surface area contributed by atoms with Crippen LogP contribution in [0.4, 0.5) is 5.82 Å². The molecule has 0 unspecified atom stereocenters. The first-order valence-corrected chi connectivity index (χ1v) is 8.06. The number of sulfonamides is 1. The molecule has 0 radical (unpaired) electrons. The van der Waals surface area contributed by atoms with E-state index in [0.29, 0.717) is 37.6 Å². The van der Waals surface area contributed by atoms with E-state index in [1.807, 2.05) is 4.90 Å². The highest BCUT2D eigenvalue weighted by Crippen LogP contribution is 2.20. The second kappa shape index (κ2) is 5.77. The van der Waals surface area contributed by atoms with Gasteiger partial charge in [-0.05, 0) is 26.0 Å². The molecule has 1 fully saturated rings. The van der Waals surface area contributed by atoms with Gasteiger partial charge in [-0.15, -0.1) is 0 Å². The third kappa shape index (κ3) is 2.76. The van der Waals surface area contributed by atoms with Gasteiger partial charge in [-0.3, -0.25) is 0 Å². The Labute approximate surface area is 119 Å². The van der Waals surface area contributed by atoms with Crippen molar-refractivity contribution < 1.29 is 8.42 Å². The van der Waals surface area contributed by atoms with Crippen LogP contribution >= 0.6 is 0 Å². The molecule has 108 valence electrons. The zero-order chi connectivity index (χ0) is 14.8. The lowest BCUT2D eigenvalue weighted by Crippen LogP contribution is -2.50. The number of rotatable bonds is 3. The SMILES string of the molecule is CC(C)S(=O)(=O)N1CCN(c2ncccc2C#N)CC1. The van der Waals surface area contributed by atoms with E-state index in [2.05, 4.69) is 11.1 Å². The Balaban J connectivity index is 2.11. The Morgan fingerprint density at radius 1 is 1.30 bits per heavy atom. The molecule has 1 aromatic heterocycles. The minimum atomic E-state index is -3.20. The van der Waals surface area contributed by atoms with Crippen LogP contribution in [0.2, 0.25) is 0 Å². The van der Waals surface area contributed by atoms with Crippen molar-refractivity contribution in [2.45, 2.75) is 19.1 Å². The van der Waals surface area contributed by atoms with E-state index < -0.39 is 15.3 Å². The van der Waals surface area contributed by atoms with Gasteiger partial charge in [0.15, 0.2) is 0 Å². The lowest BCUT2D eigenvalue weighted by molar-refractivity contribution is 0.380. The summed E-state index contributed by atoms with van der Waals surface area (Å²) >= 11 is 0. The van der Waals surface area contributed by atoms with Crippen molar-refractivity contribution in [1.29, 1.82) is 5.26 Å². The first-order valence-electron chi connectivity index (χ1n) is 6.56. The van der Waals surface area contributed by atoms with Crippen molar-refractivity contribution in [3.8, 4) is 6.07 Å². The molecule has 1 saturated heterocycles. The summed E-state index contributed by atoms with van der Waals surface area (Å²) < 4.78 is 25.7. The molecule has 0 aliphatic carbocycles. The van der Waals surface area contributed by atoms with Crippen LogP contribution in [0.3, 0.4) is 0 Å². The molecule has 1 aromatic rings. The van der Waals surface area contributed by atoms with Crippen LogP contribution in [0.5, 0.6) is 0 Å². The van der Waals surface area contributed by atoms with Gasteiger partial charge in [-0.25, -0.2) is 13.4 Å². The highest BCUT2D eigenvalue weighted by atomic mass is 32.2. The molecule has 0 aromatic carbocycles. The first kappa shape index (κ1) is 14.8. The maximum Gasteiger partial charge on any atom is 0.216 e. The molecule has 2 heterocycles. The minimum absolute atomic E-state index is 0.404.